The van der Waals surface area contributed by atoms with Gasteiger partial charge in [-0.2, -0.15) is 0 Å². The van der Waals surface area contributed by atoms with Crippen LogP contribution in [-0.4, -0.2) is 83.3 Å². The van der Waals surface area contributed by atoms with Crippen LogP contribution in [-0.2, 0) is 11.2 Å². The van der Waals surface area contributed by atoms with Gasteiger partial charge in [0.15, 0.2) is 0 Å². The summed E-state index contributed by atoms with van der Waals surface area (Å²) in [4.78, 5) is 27.4. The van der Waals surface area contributed by atoms with Gasteiger partial charge in [-0.25, -0.2) is 14.8 Å². The standard InChI is InChI=1S/C33H33ClN4O5S/c1-21-23(10-11-24(29(21)34)42-18-16-38-14-12-37(2)13-15-38)27-28-31(43-26(33(39)40)19-22-7-4-3-5-8-22)35-20-36-32(28)44-30(27)25-9-6-17-41-25/h3-11,17,20,26H,12-16,18-19H2,1-2H3,(H,39,40)/t26-/m1/s1. The number of rotatable bonds is 11. The molecule has 0 bridgehead atoms. The second-order valence-electron chi connectivity index (χ2n) is 10.8. The topological polar surface area (TPSA) is 101 Å². The van der Waals surface area contributed by atoms with E-state index in [1.165, 1.54) is 17.7 Å². The quantitative estimate of drug-likeness (QED) is 0.180. The minimum Gasteiger partial charge on any atom is -0.491 e. The Labute approximate surface area is 264 Å². The highest BCUT2D eigenvalue weighted by Crippen LogP contribution is 2.49. The predicted octanol–water partition coefficient (Wildman–Crippen LogP) is 6.28. The van der Waals surface area contributed by atoms with Crippen molar-refractivity contribution in [2.45, 2.75) is 19.4 Å². The lowest BCUT2D eigenvalue weighted by molar-refractivity contribution is -0.145. The fourth-order valence-electron chi connectivity index (χ4n) is 5.38. The summed E-state index contributed by atoms with van der Waals surface area (Å²) in [6.07, 6.45) is 2.03. The molecule has 1 N–H and O–H groups in total. The molecule has 0 aliphatic carbocycles. The number of nitrogens with zero attached hydrogens (tertiary/aromatic N) is 4. The second-order valence-corrected chi connectivity index (χ2v) is 12.2. The van der Waals surface area contributed by atoms with E-state index in [4.69, 9.17) is 25.5 Å². The second kappa shape index (κ2) is 13.4. The molecule has 228 valence electrons. The molecular formula is C33H33ClN4O5S. The average Bonchev–Trinajstić information content (AvgIpc) is 3.70. The van der Waals surface area contributed by atoms with Gasteiger partial charge >= 0.3 is 5.97 Å². The SMILES string of the molecule is Cc1c(-c2c(-c3ccco3)sc3ncnc(O[C@H](Cc4ccccc4)C(=O)O)c23)ccc(OCCN2CCN(C)CC2)c1Cl. The van der Waals surface area contributed by atoms with Gasteiger partial charge in [0.25, 0.3) is 0 Å². The molecule has 11 heteroatoms. The molecule has 6 rings (SSSR count). The zero-order chi connectivity index (χ0) is 30.6. The van der Waals surface area contributed by atoms with E-state index in [2.05, 4.69) is 26.8 Å². The van der Waals surface area contributed by atoms with Crippen LogP contribution in [0.1, 0.15) is 11.1 Å². The normalized spacial score (nSPS) is 15.0. The summed E-state index contributed by atoms with van der Waals surface area (Å²) in [6.45, 7) is 7.45. The first-order valence-electron chi connectivity index (χ1n) is 14.5. The van der Waals surface area contributed by atoms with Crippen LogP contribution < -0.4 is 9.47 Å². The van der Waals surface area contributed by atoms with Gasteiger partial charge in [-0.1, -0.05) is 48.0 Å². The van der Waals surface area contributed by atoms with Crippen molar-refractivity contribution in [3.8, 4) is 33.4 Å². The molecule has 9 nitrogen and oxygen atoms in total. The summed E-state index contributed by atoms with van der Waals surface area (Å²) < 4.78 is 18.1. The third-order valence-corrected chi connectivity index (χ3v) is 9.46. The Kier molecular flexibility index (Phi) is 9.13. The summed E-state index contributed by atoms with van der Waals surface area (Å²) in [7, 11) is 2.14. The molecule has 0 unspecified atom stereocenters. The fraction of sp³-hybridized carbons (Fsp3) is 0.303. The molecule has 0 spiro atoms. The molecule has 1 aliphatic heterocycles. The van der Waals surface area contributed by atoms with Gasteiger partial charge in [-0.15, -0.1) is 11.3 Å². The first-order chi connectivity index (χ1) is 21.4. The highest BCUT2D eigenvalue weighted by atomic mass is 35.5. The zero-order valence-corrected chi connectivity index (χ0v) is 26.1. The summed E-state index contributed by atoms with van der Waals surface area (Å²) in [6, 6.07) is 16.9. The number of likely N-dealkylation sites (N-methyl/N-ethyl adjacent to an activating group) is 1. The van der Waals surface area contributed by atoms with E-state index in [0.29, 0.717) is 33.4 Å². The van der Waals surface area contributed by atoms with Gasteiger partial charge in [0.1, 0.15) is 29.3 Å². The van der Waals surface area contributed by atoms with Gasteiger partial charge in [-0.05, 0) is 48.9 Å². The van der Waals surface area contributed by atoms with Gasteiger partial charge in [-0.3, -0.25) is 4.90 Å². The average molecular weight is 633 g/mol. The molecule has 1 atom stereocenters. The van der Waals surface area contributed by atoms with Crippen LogP contribution in [0.5, 0.6) is 11.6 Å². The van der Waals surface area contributed by atoms with E-state index < -0.39 is 12.1 Å². The molecule has 0 saturated carbocycles. The fourth-order valence-corrected chi connectivity index (χ4v) is 6.71. The van der Waals surface area contributed by atoms with Gasteiger partial charge in [0.2, 0.25) is 12.0 Å². The summed E-state index contributed by atoms with van der Waals surface area (Å²) in [5.74, 6) is 0.366. The van der Waals surface area contributed by atoms with E-state index in [0.717, 1.165) is 59.9 Å². The van der Waals surface area contributed by atoms with Crippen LogP contribution in [0.3, 0.4) is 0 Å². The number of carbonyl (C=O) groups is 1. The first-order valence-corrected chi connectivity index (χ1v) is 15.7. The third-order valence-electron chi connectivity index (χ3n) is 7.87. The number of carboxylic acids is 1. The number of furan rings is 1. The van der Waals surface area contributed by atoms with Crippen LogP contribution >= 0.6 is 22.9 Å². The number of halogens is 1. The van der Waals surface area contributed by atoms with Crippen molar-refractivity contribution in [2.75, 3.05) is 46.4 Å². The number of hydrogen-bond acceptors (Lipinski definition) is 9. The molecule has 3 aromatic heterocycles. The van der Waals surface area contributed by atoms with Crippen molar-refractivity contribution in [3.63, 3.8) is 0 Å². The minimum absolute atomic E-state index is 0.178. The summed E-state index contributed by atoms with van der Waals surface area (Å²) in [5.41, 5.74) is 3.25. The highest BCUT2D eigenvalue weighted by molar-refractivity contribution is 7.22. The van der Waals surface area contributed by atoms with Crippen molar-refractivity contribution >= 4 is 39.1 Å². The molecular weight excluding hydrogens is 600 g/mol. The van der Waals surface area contributed by atoms with Crippen LogP contribution in [0.25, 0.3) is 32.0 Å². The molecule has 1 fully saturated rings. The number of piperazine rings is 1. The summed E-state index contributed by atoms with van der Waals surface area (Å²) in [5, 5.41) is 11.2. The van der Waals surface area contributed by atoms with E-state index in [-0.39, 0.29) is 12.3 Å². The van der Waals surface area contributed by atoms with Crippen molar-refractivity contribution in [2.24, 2.45) is 0 Å². The maximum atomic E-state index is 12.3. The maximum absolute atomic E-state index is 12.3. The maximum Gasteiger partial charge on any atom is 0.345 e. The Morgan fingerprint density at radius 2 is 1.89 bits per heavy atom. The predicted molar refractivity (Wildman–Crippen MR) is 172 cm³/mol. The Hall–Kier alpha value is -3.96. The third kappa shape index (κ3) is 6.44. The first kappa shape index (κ1) is 30.1. The highest BCUT2D eigenvalue weighted by Gasteiger charge is 2.28. The molecule has 44 heavy (non-hydrogen) atoms. The van der Waals surface area contributed by atoms with Crippen LogP contribution in [0.15, 0.2) is 71.6 Å². The Morgan fingerprint density at radius 1 is 1.09 bits per heavy atom. The number of fused-ring (bicyclic) bond motifs is 1. The van der Waals surface area contributed by atoms with Crippen LogP contribution in [0.2, 0.25) is 5.02 Å². The molecule has 1 saturated heterocycles. The van der Waals surface area contributed by atoms with Crippen molar-refractivity contribution in [1.82, 2.24) is 19.8 Å². The largest absolute Gasteiger partial charge is 0.491 e. The van der Waals surface area contributed by atoms with Crippen LogP contribution in [0.4, 0.5) is 0 Å². The van der Waals surface area contributed by atoms with Crippen molar-refractivity contribution in [3.05, 3.63) is 83.3 Å². The number of hydrogen-bond donors (Lipinski definition) is 1. The molecule has 5 aromatic rings. The van der Waals surface area contributed by atoms with E-state index >= 15 is 0 Å². The number of carboxylic acid groups (broad SMARTS) is 1. The van der Waals surface area contributed by atoms with Crippen LogP contribution in [0, 0.1) is 6.92 Å². The number of ether oxygens (including phenoxy) is 2. The Morgan fingerprint density at radius 3 is 2.61 bits per heavy atom. The molecule has 1 aliphatic rings. The number of benzene rings is 2. The molecule has 4 heterocycles. The smallest absolute Gasteiger partial charge is 0.345 e. The van der Waals surface area contributed by atoms with Crippen molar-refractivity contribution < 1.29 is 23.8 Å². The minimum atomic E-state index is -1.16. The lowest BCUT2D eigenvalue weighted by atomic mass is 9.97. The molecule has 0 amide bonds. The zero-order valence-electron chi connectivity index (χ0n) is 24.5. The van der Waals surface area contributed by atoms with E-state index in [1.807, 2.05) is 61.5 Å². The Balaban J connectivity index is 1.36. The van der Waals surface area contributed by atoms with Gasteiger partial charge in [0.05, 0.1) is 21.5 Å². The lowest BCUT2D eigenvalue weighted by Crippen LogP contribution is -2.45. The van der Waals surface area contributed by atoms with E-state index in [9.17, 15) is 9.90 Å². The van der Waals surface area contributed by atoms with Gasteiger partial charge in [0, 0.05) is 44.7 Å². The summed E-state index contributed by atoms with van der Waals surface area (Å²) >= 11 is 8.36. The van der Waals surface area contributed by atoms with Gasteiger partial charge < -0.3 is 23.9 Å². The number of aliphatic carboxylic acids is 1. The Bertz CT molecular complexity index is 1740. The monoisotopic (exact) mass is 632 g/mol. The molecule has 0 radical (unpaired) electrons. The number of aromatic nitrogens is 2. The number of thiophene rings is 1. The lowest BCUT2D eigenvalue weighted by Gasteiger charge is -2.32. The van der Waals surface area contributed by atoms with Crippen molar-refractivity contribution in [1.29, 1.82) is 0 Å². The van der Waals surface area contributed by atoms with E-state index in [1.54, 1.807) is 6.26 Å². The molecule has 2 aromatic carbocycles.